The minimum Gasteiger partial charge on any atom is -0.200 e. The molecule has 0 bridgehead atoms. The maximum atomic E-state index is 14.1. The van der Waals surface area contributed by atoms with E-state index < -0.39 is 39.7 Å². The van der Waals surface area contributed by atoms with Gasteiger partial charge >= 0.3 is 29.9 Å². The van der Waals surface area contributed by atoms with Crippen molar-refractivity contribution in [1.29, 1.82) is 0 Å². The highest BCUT2D eigenvalue weighted by Gasteiger charge is 2.87. The fourth-order valence-electron chi connectivity index (χ4n) is 2.90. The van der Waals surface area contributed by atoms with Crippen LogP contribution in [0.1, 0.15) is 78.1 Å². The van der Waals surface area contributed by atoms with Gasteiger partial charge in [0, 0.05) is 9.84 Å². The summed E-state index contributed by atoms with van der Waals surface area (Å²) in [5.41, 5.74) is 0. The van der Waals surface area contributed by atoms with E-state index in [-0.39, 0.29) is 12.8 Å². The molecule has 0 aromatic carbocycles. The van der Waals surface area contributed by atoms with E-state index in [1.165, 1.54) is 29.5 Å². The van der Waals surface area contributed by atoms with Gasteiger partial charge in [-0.2, -0.15) is 48.3 Å². The third kappa shape index (κ3) is 6.73. The van der Waals surface area contributed by atoms with Crippen LogP contribution < -0.4 is 0 Å². The number of rotatable bonds is 14. The summed E-state index contributed by atoms with van der Waals surface area (Å²) in [6.07, 6.45) is -3.87. The average Bonchev–Trinajstić information content (AvgIpc) is 2.59. The van der Waals surface area contributed by atoms with Gasteiger partial charge < -0.3 is 0 Å². The second kappa shape index (κ2) is 10.7. The molecule has 0 saturated carbocycles. The van der Waals surface area contributed by atoms with Gasteiger partial charge in [-0.05, 0) is 12.8 Å². The van der Waals surface area contributed by atoms with Crippen molar-refractivity contribution in [3.63, 3.8) is 0 Å². The SMILES string of the molecule is CCCCCCCCCC(I)(CC)CC(F)(F)C(F)(F)C(F)(F)C(F)(F)C(F)(F)F. The molecule has 30 heavy (non-hydrogen) atoms. The first-order valence-corrected chi connectivity index (χ1v) is 10.7. The van der Waals surface area contributed by atoms with Gasteiger partial charge in [0.1, 0.15) is 0 Å². The Bertz CT molecular complexity index is 517. The molecule has 182 valence electrons. The van der Waals surface area contributed by atoms with Gasteiger partial charge in [-0.1, -0.05) is 81.4 Å². The summed E-state index contributed by atoms with van der Waals surface area (Å²) in [5.74, 6) is -27.4. The van der Waals surface area contributed by atoms with Crippen LogP contribution in [-0.4, -0.2) is 33.3 Å². The van der Waals surface area contributed by atoms with Crippen LogP contribution >= 0.6 is 22.6 Å². The molecule has 12 heteroatoms. The van der Waals surface area contributed by atoms with Crippen LogP contribution in [0.4, 0.5) is 48.3 Å². The lowest BCUT2D eigenvalue weighted by atomic mass is 9.87. The zero-order valence-corrected chi connectivity index (χ0v) is 18.8. The van der Waals surface area contributed by atoms with Gasteiger partial charge in [0.05, 0.1) is 0 Å². The molecule has 0 aliphatic carbocycles. The number of halogens is 12. The third-order valence-corrected chi connectivity index (χ3v) is 6.69. The fourth-order valence-corrected chi connectivity index (χ4v) is 3.76. The Labute approximate surface area is 182 Å². The van der Waals surface area contributed by atoms with Gasteiger partial charge in [-0.3, -0.25) is 0 Å². The van der Waals surface area contributed by atoms with E-state index in [4.69, 9.17) is 0 Å². The molecule has 0 heterocycles. The van der Waals surface area contributed by atoms with Crippen LogP contribution in [0.5, 0.6) is 0 Å². The molecular weight excluding hydrogens is 552 g/mol. The van der Waals surface area contributed by atoms with E-state index in [0.717, 1.165) is 32.1 Å². The van der Waals surface area contributed by atoms with Crippen LogP contribution in [0.25, 0.3) is 0 Å². The second-order valence-electron chi connectivity index (χ2n) is 7.48. The summed E-state index contributed by atoms with van der Waals surface area (Å²) in [6.45, 7) is 3.33. The minimum absolute atomic E-state index is 0.0925. The standard InChI is InChI=1S/C18H26F11I/c1-3-5-6-7-8-9-10-11-13(30,4-2)12-14(19,20)15(21,22)16(23,24)17(25,26)18(27,28)29/h3-12H2,1-2H3. The molecule has 0 radical (unpaired) electrons. The van der Waals surface area contributed by atoms with Crippen molar-refractivity contribution in [1.82, 2.24) is 0 Å². The van der Waals surface area contributed by atoms with Crippen molar-refractivity contribution in [2.45, 2.75) is 111 Å². The number of alkyl halides is 12. The Balaban J connectivity index is 5.33. The molecular formula is C18H26F11I. The topological polar surface area (TPSA) is 0 Å². The maximum Gasteiger partial charge on any atom is 0.460 e. The van der Waals surface area contributed by atoms with Gasteiger partial charge in [0.25, 0.3) is 0 Å². The minimum atomic E-state index is -7.33. The molecule has 0 rings (SSSR count). The van der Waals surface area contributed by atoms with Crippen LogP contribution in [0.15, 0.2) is 0 Å². The smallest absolute Gasteiger partial charge is 0.200 e. The molecule has 0 aliphatic heterocycles. The zero-order chi connectivity index (χ0) is 24.1. The first kappa shape index (κ1) is 30.0. The first-order valence-electron chi connectivity index (χ1n) is 9.60. The lowest BCUT2D eigenvalue weighted by Crippen LogP contribution is -2.67. The predicted octanol–water partition coefficient (Wildman–Crippen LogP) is 9.20. The van der Waals surface area contributed by atoms with E-state index in [9.17, 15) is 48.3 Å². The maximum absolute atomic E-state index is 14.1. The van der Waals surface area contributed by atoms with Gasteiger partial charge in [0.2, 0.25) is 0 Å². The van der Waals surface area contributed by atoms with Crippen LogP contribution in [0, 0.1) is 0 Å². The van der Waals surface area contributed by atoms with Crippen LogP contribution in [-0.2, 0) is 0 Å². The second-order valence-corrected chi connectivity index (χ2v) is 9.77. The molecule has 0 fully saturated rings. The normalized spacial score (nSPS) is 16.6. The molecule has 1 atom stereocenters. The predicted molar refractivity (Wildman–Crippen MR) is 100 cm³/mol. The van der Waals surface area contributed by atoms with E-state index in [2.05, 4.69) is 0 Å². The first-order chi connectivity index (χ1) is 13.3. The fraction of sp³-hybridized carbons (Fsp3) is 1.00. The lowest BCUT2D eigenvalue weighted by Gasteiger charge is -2.40. The van der Waals surface area contributed by atoms with E-state index in [1.54, 1.807) is 0 Å². The van der Waals surface area contributed by atoms with Crippen molar-refractivity contribution in [3.8, 4) is 0 Å². The van der Waals surface area contributed by atoms with E-state index >= 15 is 0 Å². The van der Waals surface area contributed by atoms with Crippen molar-refractivity contribution in [2.75, 3.05) is 0 Å². The zero-order valence-electron chi connectivity index (χ0n) is 16.6. The summed E-state index contributed by atoms with van der Waals surface area (Å²) < 4.78 is 143. The molecule has 0 amide bonds. The summed E-state index contributed by atoms with van der Waals surface area (Å²) in [6, 6.07) is 0. The summed E-state index contributed by atoms with van der Waals surface area (Å²) in [4.78, 5) is 0. The highest BCUT2D eigenvalue weighted by Crippen LogP contribution is 2.59. The molecule has 0 N–H and O–H groups in total. The Hall–Kier alpha value is -0.0400. The molecule has 0 aromatic heterocycles. The molecule has 0 nitrogen and oxygen atoms in total. The Morgan fingerprint density at radius 3 is 1.40 bits per heavy atom. The molecule has 0 aromatic rings. The largest absolute Gasteiger partial charge is 0.460 e. The summed E-state index contributed by atoms with van der Waals surface area (Å²) >= 11 is 1.38. The van der Waals surface area contributed by atoms with Crippen molar-refractivity contribution < 1.29 is 48.3 Å². The van der Waals surface area contributed by atoms with Gasteiger partial charge in [-0.25, -0.2) is 0 Å². The average molecular weight is 578 g/mol. The third-order valence-electron chi connectivity index (χ3n) is 5.00. The van der Waals surface area contributed by atoms with Crippen molar-refractivity contribution in [2.24, 2.45) is 0 Å². The quantitative estimate of drug-likeness (QED) is 0.0835. The van der Waals surface area contributed by atoms with E-state index in [1.807, 2.05) is 6.92 Å². The lowest BCUT2D eigenvalue weighted by molar-refractivity contribution is -0.422. The summed E-state index contributed by atoms with van der Waals surface area (Å²) in [7, 11) is 0. The van der Waals surface area contributed by atoms with Crippen molar-refractivity contribution >= 4 is 22.6 Å². The number of unbranched alkanes of at least 4 members (excludes halogenated alkanes) is 6. The van der Waals surface area contributed by atoms with Crippen LogP contribution in [0.3, 0.4) is 0 Å². The molecule has 0 spiro atoms. The molecule has 1 unspecified atom stereocenters. The highest BCUT2D eigenvalue weighted by molar-refractivity contribution is 14.1. The molecule has 0 saturated heterocycles. The summed E-state index contributed by atoms with van der Waals surface area (Å²) in [5, 5.41) is 0. The highest BCUT2D eigenvalue weighted by atomic mass is 127. The Morgan fingerprint density at radius 2 is 1.00 bits per heavy atom. The number of hydrogen-bond donors (Lipinski definition) is 0. The van der Waals surface area contributed by atoms with Gasteiger partial charge in [-0.15, -0.1) is 0 Å². The van der Waals surface area contributed by atoms with Gasteiger partial charge in [0.15, 0.2) is 0 Å². The van der Waals surface area contributed by atoms with E-state index in [0.29, 0.717) is 12.8 Å². The Kier molecular flexibility index (Phi) is 10.7. The number of hydrogen-bond acceptors (Lipinski definition) is 0. The monoisotopic (exact) mass is 578 g/mol. The van der Waals surface area contributed by atoms with Crippen molar-refractivity contribution in [3.05, 3.63) is 0 Å². The Morgan fingerprint density at radius 1 is 0.567 bits per heavy atom. The van der Waals surface area contributed by atoms with Crippen LogP contribution in [0.2, 0.25) is 0 Å². The molecule has 0 aliphatic rings.